The van der Waals surface area contributed by atoms with Gasteiger partial charge in [0.2, 0.25) is 0 Å². The van der Waals surface area contributed by atoms with E-state index in [1.165, 1.54) is 0 Å². The average Bonchev–Trinajstić information content (AvgIpc) is 2.65. The molecule has 130 valence electrons. The number of nitrogens with zero attached hydrogens (tertiary/aromatic N) is 1. The third-order valence-electron chi connectivity index (χ3n) is 3.55. The Morgan fingerprint density at radius 1 is 1.08 bits per heavy atom. The molecular weight excluding hydrogens is 316 g/mol. The van der Waals surface area contributed by atoms with Gasteiger partial charge in [-0.15, -0.1) is 0 Å². The lowest BCUT2D eigenvalue weighted by molar-refractivity contribution is -0.127. The molecule has 0 bridgehead atoms. The quantitative estimate of drug-likeness (QED) is 0.712. The Bertz CT molecular complexity index is 693. The van der Waals surface area contributed by atoms with Crippen LogP contribution in [0.25, 0.3) is 0 Å². The maximum Gasteiger partial charge on any atom is 0.260 e. The van der Waals surface area contributed by atoms with Gasteiger partial charge in [-0.1, -0.05) is 18.2 Å². The van der Waals surface area contributed by atoms with Gasteiger partial charge >= 0.3 is 0 Å². The first kappa shape index (κ1) is 18.3. The van der Waals surface area contributed by atoms with E-state index in [1.54, 1.807) is 31.2 Å². The summed E-state index contributed by atoms with van der Waals surface area (Å²) in [6.07, 6.45) is 1.11. The maximum absolute atomic E-state index is 12.0. The lowest BCUT2D eigenvalue weighted by Gasteiger charge is -2.14. The summed E-state index contributed by atoms with van der Waals surface area (Å²) >= 11 is 0. The number of para-hydroxylation sites is 1. The molecule has 0 aliphatic carbocycles. The number of rotatable bonds is 9. The van der Waals surface area contributed by atoms with E-state index in [1.807, 2.05) is 36.4 Å². The molecule has 2 rings (SSSR count). The number of ether oxygens (including phenoxy) is 2. The Kier molecular flexibility index (Phi) is 7.33. The van der Waals surface area contributed by atoms with Crippen molar-refractivity contribution in [3.05, 3.63) is 60.2 Å². The molecule has 0 aromatic heterocycles. The number of amides is 1. The third-order valence-corrected chi connectivity index (χ3v) is 3.55. The number of benzene rings is 2. The molecule has 1 N–H and O–H groups in total. The fourth-order valence-corrected chi connectivity index (χ4v) is 2.15. The molecule has 25 heavy (non-hydrogen) atoms. The van der Waals surface area contributed by atoms with Crippen LogP contribution in [0.15, 0.2) is 54.6 Å². The first-order valence-electron chi connectivity index (χ1n) is 8.31. The van der Waals surface area contributed by atoms with Gasteiger partial charge in [0.25, 0.3) is 5.91 Å². The van der Waals surface area contributed by atoms with Gasteiger partial charge in [0.05, 0.1) is 18.2 Å². The van der Waals surface area contributed by atoms with Gasteiger partial charge in [0.15, 0.2) is 6.10 Å². The van der Waals surface area contributed by atoms with Crippen molar-refractivity contribution in [2.45, 2.75) is 25.9 Å². The van der Waals surface area contributed by atoms with E-state index in [9.17, 15) is 4.79 Å². The van der Waals surface area contributed by atoms with Gasteiger partial charge in [-0.2, -0.15) is 5.26 Å². The average molecular weight is 338 g/mol. The summed E-state index contributed by atoms with van der Waals surface area (Å²) in [7, 11) is 0. The number of carbonyl (C=O) groups is 1. The molecule has 2 aromatic rings. The summed E-state index contributed by atoms with van der Waals surface area (Å²) in [6, 6.07) is 18.4. The molecular formula is C20H22N2O3. The van der Waals surface area contributed by atoms with E-state index in [-0.39, 0.29) is 5.91 Å². The predicted octanol–water partition coefficient (Wildman–Crippen LogP) is 3.30. The Balaban J connectivity index is 1.60. The molecule has 0 saturated heterocycles. The summed E-state index contributed by atoms with van der Waals surface area (Å²) in [6.45, 7) is 2.90. The Morgan fingerprint density at radius 2 is 1.80 bits per heavy atom. The van der Waals surface area contributed by atoms with Crippen LogP contribution in [0.2, 0.25) is 0 Å². The van der Waals surface area contributed by atoms with E-state index in [4.69, 9.17) is 14.7 Å². The highest BCUT2D eigenvalue weighted by atomic mass is 16.5. The molecule has 5 nitrogen and oxygen atoms in total. The minimum atomic E-state index is -0.589. The van der Waals surface area contributed by atoms with Crippen molar-refractivity contribution in [2.75, 3.05) is 13.2 Å². The summed E-state index contributed by atoms with van der Waals surface area (Å²) < 4.78 is 11.2. The van der Waals surface area contributed by atoms with Crippen LogP contribution in [0.5, 0.6) is 11.5 Å². The summed E-state index contributed by atoms with van der Waals surface area (Å²) in [5, 5.41) is 11.6. The topological polar surface area (TPSA) is 71.3 Å². The zero-order valence-corrected chi connectivity index (χ0v) is 14.3. The van der Waals surface area contributed by atoms with E-state index in [2.05, 4.69) is 5.32 Å². The Labute approximate surface area is 148 Å². The van der Waals surface area contributed by atoms with Crippen LogP contribution >= 0.6 is 0 Å². The van der Waals surface area contributed by atoms with Crippen molar-refractivity contribution in [2.24, 2.45) is 0 Å². The second-order valence-electron chi connectivity index (χ2n) is 5.56. The van der Waals surface area contributed by atoms with Crippen LogP contribution in [-0.4, -0.2) is 25.2 Å². The van der Waals surface area contributed by atoms with E-state index in [0.29, 0.717) is 24.5 Å². The highest BCUT2D eigenvalue weighted by Gasteiger charge is 2.13. The second kappa shape index (κ2) is 9.99. The second-order valence-corrected chi connectivity index (χ2v) is 5.56. The van der Waals surface area contributed by atoms with Crippen molar-refractivity contribution in [1.29, 1.82) is 5.26 Å². The summed E-state index contributed by atoms with van der Waals surface area (Å²) in [4.78, 5) is 12.0. The molecule has 5 heteroatoms. The molecule has 0 radical (unpaired) electrons. The molecule has 2 aromatic carbocycles. The molecule has 0 saturated carbocycles. The number of nitrogens with one attached hydrogen (secondary N) is 1. The zero-order valence-electron chi connectivity index (χ0n) is 14.3. The zero-order chi connectivity index (χ0) is 17.9. The van der Waals surface area contributed by atoms with Crippen molar-refractivity contribution in [3.8, 4) is 17.6 Å². The fraction of sp³-hybridized carbons (Fsp3) is 0.300. The van der Waals surface area contributed by atoms with Crippen LogP contribution < -0.4 is 14.8 Å². The molecule has 1 atom stereocenters. The smallest absolute Gasteiger partial charge is 0.260 e. The number of carbonyl (C=O) groups excluding carboxylic acids is 1. The van der Waals surface area contributed by atoms with Crippen molar-refractivity contribution in [1.82, 2.24) is 5.32 Å². The Hall–Kier alpha value is -3.00. The van der Waals surface area contributed by atoms with Gasteiger partial charge < -0.3 is 14.8 Å². The molecule has 0 aliphatic rings. The van der Waals surface area contributed by atoms with Crippen LogP contribution in [-0.2, 0) is 4.79 Å². The van der Waals surface area contributed by atoms with Crippen LogP contribution in [0.3, 0.4) is 0 Å². The largest absolute Gasteiger partial charge is 0.494 e. The van der Waals surface area contributed by atoms with Crippen molar-refractivity contribution >= 4 is 5.91 Å². The minimum Gasteiger partial charge on any atom is -0.494 e. The van der Waals surface area contributed by atoms with Crippen molar-refractivity contribution < 1.29 is 14.3 Å². The van der Waals surface area contributed by atoms with Crippen molar-refractivity contribution in [3.63, 3.8) is 0 Å². The first-order chi connectivity index (χ1) is 12.2. The molecule has 0 unspecified atom stereocenters. The minimum absolute atomic E-state index is 0.159. The molecule has 0 heterocycles. The fourth-order valence-electron chi connectivity index (χ4n) is 2.15. The first-order valence-corrected chi connectivity index (χ1v) is 8.31. The molecule has 0 fully saturated rings. The highest BCUT2D eigenvalue weighted by Crippen LogP contribution is 2.13. The third kappa shape index (κ3) is 6.56. The Morgan fingerprint density at radius 3 is 2.48 bits per heavy atom. The highest BCUT2D eigenvalue weighted by molar-refractivity contribution is 5.80. The lowest BCUT2D eigenvalue weighted by Crippen LogP contribution is -2.36. The van der Waals surface area contributed by atoms with Gasteiger partial charge in [0.1, 0.15) is 11.5 Å². The molecule has 0 aliphatic heterocycles. The standard InChI is InChI=1S/C20H22N2O3/c1-16(25-19-11-9-17(15-21)10-12-19)20(23)22-13-5-6-14-24-18-7-3-2-4-8-18/h2-4,7-12,16H,5-6,13-14H2,1H3,(H,22,23)/t16-/m1/s1. The van der Waals surface area contributed by atoms with Gasteiger partial charge in [0, 0.05) is 6.54 Å². The normalized spacial score (nSPS) is 11.2. The summed E-state index contributed by atoms with van der Waals surface area (Å²) in [5.74, 6) is 1.27. The van der Waals surface area contributed by atoms with Crippen LogP contribution in [0.1, 0.15) is 25.3 Å². The number of unbranched alkanes of at least 4 members (excludes halogenated alkanes) is 1. The molecule has 0 spiro atoms. The monoisotopic (exact) mass is 338 g/mol. The van der Waals surface area contributed by atoms with Gasteiger partial charge in [-0.25, -0.2) is 0 Å². The maximum atomic E-state index is 12.0. The van der Waals surface area contributed by atoms with Gasteiger partial charge in [-0.3, -0.25) is 4.79 Å². The van der Waals surface area contributed by atoms with E-state index >= 15 is 0 Å². The number of hydrogen-bond acceptors (Lipinski definition) is 4. The molecule has 1 amide bonds. The lowest BCUT2D eigenvalue weighted by atomic mass is 10.2. The van der Waals surface area contributed by atoms with Gasteiger partial charge in [-0.05, 0) is 56.2 Å². The van der Waals surface area contributed by atoms with E-state index < -0.39 is 6.10 Å². The number of nitriles is 1. The van der Waals surface area contributed by atoms with E-state index in [0.717, 1.165) is 18.6 Å². The SMILES string of the molecule is C[C@@H](Oc1ccc(C#N)cc1)C(=O)NCCCCOc1ccccc1. The summed E-state index contributed by atoms with van der Waals surface area (Å²) in [5.41, 5.74) is 0.558. The van der Waals surface area contributed by atoms with Crippen LogP contribution in [0, 0.1) is 11.3 Å². The predicted molar refractivity (Wildman–Crippen MR) is 95.4 cm³/mol. The number of hydrogen-bond donors (Lipinski definition) is 1. The van der Waals surface area contributed by atoms with Crippen LogP contribution in [0.4, 0.5) is 0 Å².